The highest BCUT2D eigenvalue weighted by molar-refractivity contribution is 5.86. The molecule has 1 heterocycles. The highest BCUT2D eigenvalue weighted by Crippen LogP contribution is 2.17. The zero-order valence-electron chi connectivity index (χ0n) is 17.5. The van der Waals surface area contributed by atoms with Crippen molar-refractivity contribution in [2.24, 2.45) is 0 Å². The summed E-state index contributed by atoms with van der Waals surface area (Å²) in [6.45, 7) is 4.01. The van der Waals surface area contributed by atoms with Crippen LogP contribution >= 0.6 is 0 Å². The Morgan fingerprint density at radius 2 is 1.72 bits per heavy atom. The summed E-state index contributed by atoms with van der Waals surface area (Å²) in [5.74, 6) is 3.91. The van der Waals surface area contributed by atoms with Gasteiger partial charge in [0, 0.05) is 0 Å². The molecule has 7 heteroatoms. The van der Waals surface area contributed by atoms with Gasteiger partial charge < -0.3 is 14.3 Å². The number of esters is 1. The average Bonchev–Trinajstić information content (AvgIpc) is 3.20. The minimum Gasteiger partial charge on any atom is -0.443 e. The predicted octanol–water partition coefficient (Wildman–Crippen LogP) is 5.41. The number of hydrogen-bond acceptors (Lipinski definition) is 6. The van der Waals surface area contributed by atoms with Crippen LogP contribution in [-0.2, 0) is 4.74 Å². The summed E-state index contributed by atoms with van der Waals surface area (Å²) < 4.78 is 10.0. The number of carbonyl (C=O) groups excluding carboxylic acids is 1. The first-order chi connectivity index (χ1) is 14.0. The van der Waals surface area contributed by atoms with Crippen LogP contribution < -0.4 is 0 Å². The Morgan fingerprint density at radius 3 is 2.28 bits per heavy atom. The first-order valence-corrected chi connectivity index (χ1v) is 10.6. The van der Waals surface area contributed by atoms with Crippen LogP contribution in [0.15, 0.2) is 16.5 Å². The molecule has 0 fully saturated rings. The summed E-state index contributed by atoms with van der Waals surface area (Å²) in [5.41, 5.74) is 0. The van der Waals surface area contributed by atoms with Crippen LogP contribution in [0.4, 0.5) is 5.88 Å². The molecule has 162 valence electrons. The SMILES string of the molecule is CCCCCCCCCCCC(O)C#CC(CC)OC(=O)c1ccc([N+](=O)[O-])o1. The van der Waals surface area contributed by atoms with Gasteiger partial charge in [0.25, 0.3) is 0 Å². The molecule has 7 nitrogen and oxygen atoms in total. The molecule has 2 atom stereocenters. The first-order valence-electron chi connectivity index (χ1n) is 10.6. The second kappa shape index (κ2) is 14.6. The molecule has 2 unspecified atom stereocenters. The molecule has 0 amide bonds. The topological polar surface area (TPSA) is 103 Å². The van der Waals surface area contributed by atoms with E-state index in [1.807, 2.05) is 0 Å². The van der Waals surface area contributed by atoms with E-state index in [1.165, 1.54) is 51.0 Å². The number of carbonyl (C=O) groups is 1. The summed E-state index contributed by atoms with van der Waals surface area (Å²) in [6.07, 6.45) is 10.5. The van der Waals surface area contributed by atoms with E-state index in [-0.39, 0.29) is 5.76 Å². The molecule has 0 aliphatic heterocycles. The standard InChI is InChI=1S/C22H33NO6/c1-3-5-6-7-8-9-10-11-12-13-18(24)14-15-19(4-2)28-22(25)20-16-17-21(29-20)23(26)27/h16-19,24H,3-13H2,1-2H3. The van der Waals surface area contributed by atoms with Gasteiger partial charge in [-0.15, -0.1) is 0 Å². The molecular formula is C22H33NO6. The molecule has 0 saturated heterocycles. The van der Waals surface area contributed by atoms with Crippen LogP contribution in [-0.4, -0.2) is 28.2 Å². The minimum atomic E-state index is -0.812. The van der Waals surface area contributed by atoms with Gasteiger partial charge in [0.1, 0.15) is 11.0 Å². The van der Waals surface area contributed by atoms with E-state index in [1.54, 1.807) is 6.92 Å². The van der Waals surface area contributed by atoms with Gasteiger partial charge in [-0.1, -0.05) is 77.1 Å². The molecule has 0 saturated carbocycles. The van der Waals surface area contributed by atoms with Crippen molar-refractivity contribution in [3.05, 3.63) is 28.0 Å². The monoisotopic (exact) mass is 407 g/mol. The molecule has 0 aliphatic rings. The fourth-order valence-electron chi connectivity index (χ4n) is 2.85. The quantitative estimate of drug-likeness (QED) is 0.145. The molecule has 1 aromatic rings. The van der Waals surface area contributed by atoms with E-state index in [0.717, 1.165) is 18.9 Å². The first kappa shape index (κ1) is 24.7. The van der Waals surface area contributed by atoms with Crippen LogP contribution in [0.2, 0.25) is 0 Å². The Hall–Kier alpha value is -2.33. The predicted molar refractivity (Wildman–Crippen MR) is 110 cm³/mol. The fraction of sp³-hybridized carbons (Fsp3) is 0.682. The van der Waals surface area contributed by atoms with Crippen molar-refractivity contribution >= 4 is 11.9 Å². The summed E-state index contributed by atoms with van der Waals surface area (Å²) in [7, 11) is 0. The maximum atomic E-state index is 12.0. The van der Waals surface area contributed by atoms with Gasteiger partial charge in [-0.2, -0.15) is 0 Å². The van der Waals surface area contributed by atoms with Crippen molar-refractivity contribution in [1.82, 2.24) is 0 Å². The van der Waals surface area contributed by atoms with Gasteiger partial charge in [0.2, 0.25) is 5.76 Å². The van der Waals surface area contributed by atoms with Gasteiger partial charge in [-0.05, 0) is 25.3 Å². The van der Waals surface area contributed by atoms with Crippen molar-refractivity contribution in [2.75, 3.05) is 0 Å². The Labute approximate surface area is 173 Å². The fourth-order valence-corrected chi connectivity index (χ4v) is 2.85. The molecule has 0 bridgehead atoms. The zero-order valence-corrected chi connectivity index (χ0v) is 17.5. The summed E-state index contributed by atoms with van der Waals surface area (Å²) in [6, 6.07) is 2.29. The minimum absolute atomic E-state index is 0.243. The van der Waals surface area contributed by atoms with E-state index < -0.39 is 29.0 Å². The molecular weight excluding hydrogens is 374 g/mol. The third-order valence-corrected chi connectivity index (χ3v) is 4.59. The maximum absolute atomic E-state index is 12.0. The van der Waals surface area contributed by atoms with E-state index in [2.05, 4.69) is 18.8 Å². The van der Waals surface area contributed by atoms with E-state index in [4.69, 9.17) is 9.15 Å². The van der Waals surface area contributed by atoms with Crippen LogP contribution in [0.3, 0.4) is 0 Å². The molecule has 29 heavy (non-hydrogen) atoms. The number of aliphatic hydroxyl groups is 1. The summed E-state index contributed by atoms with van der Waals surface area (Å²) in [4.78, 5) is 21.9. The van der Waals surface area contributed by atoms with E-state index in [9.17, 15) is 20.0 Å². The van der Waals surface area contributed by atoms with Gasteiger partial charge >= 0.3 is 11.9 Å². The van der Waals surface area contributed by atoms with E-state index >= 15 is 0 Å². The molecule has 0 aromatic carbocycles. The maximum Gasteiger partial charge on any atom is 0.433 e. The largest absolute Gasteiger partial charge is 0.443 e. The molecule has 1 N–H and O–H groups in total. The lowest BCUT2D eigenvalue weighted by molar-refractivity contribution is -0.402. The normalized spacial score (nSPS) is 12.7. The van der Waals surface area contributed by atoms with Crippen molar-refractivity contribution < 1.29 is 24.0 Å². The average molecular weight is 408 g/mol. The molecule has 0 aliphatic carbocycles. The van der Waals surface area contributed by atoms with Gasteiger partial charge in [-0.25, -0.2) is 4.79 Å². The number of nitrogens with zero attached hydrogens (tertiary/aromatic N) is 1. The number of furan rings is 1. The smallest absolute Gasteiger partial charge is 0.433 e. The van der Waals surface area contributed by atoms with Crippen molar-refractivity contribution in [3.63, 3.8) is 0 Å². The van der Waals surface area contributed by atoms with E-state index in [0.29, 0.717) is 12.8 Å². The summed E-state index contributed by atoms with van der Waals surface area (Å²) in [5, 5.41) is 20.6. The van der Waals surface area contributed by atoms with Crippen molar-refractivity contribution in [3.8, 4) is 11.8 Å². The Balaban J connectivity index is 2.28. The zero-order chi connectivity index (χ0) is 21.5. The Bertz CT molecular complexity index is 672. The number of unbranched alkanes of at least 4 members (excludes halogenated alkanes) is 8. The lowest BCUT2D eigenvalue weighted by Gasteiger charge is -2.09. The van der Waals surface area contributed by atoms with Crippen molar-refractivity contribution in [1.29, 1.82) is 0 Å². The second-order valence-electron chi connectivity index (χ2n) is 7.12. The number of rotatable bonds is 14. The van der Waals surface area contributed by atoms with Gasteiger partial charge in [0.15, 0.2) is 6.10 Å². The van der Waals surface area contributed by atoms with Gasteiger partial charge in [-0.3, -0.25) is 10.1 Å². The van der Waals surface area contributed by atoms with Gasteiger partial charge in [0.05, 0.1) is 6.07 Å². The number of ether oxygens (including phenoxy) is 1. The molecule has 1 rings (SSSR count). The molecule has 1 aromatic heterocycles. The van der Waals surface area contributed by atoms with Crippen LogP contribution in [0.5, 0.6) is 0 Å². The highest BCUT2D eigenvalue weighted by atomic mass is 16.7. The third kappa shape index (κ3) is 10.7. The summed E-state index contributed by atoms with van der Waals surface area (Å²) >= 11 is 0. The lowest BCUT2D eigenvalue weighted by atomic mass is 10.1. The van der Waals surface area contributed by atoms with Crippen LogP contribution in [0, 0.1) is 22.0 Å². The Kier molecular flexibility index (Phi) is 12.5. The third-order valence-electron chi connectivity index (χ3n) is 4.59. The highest BCUT2D eigenvalue weighted by Gasteiger charge is 2.20. The number of hydrogen-bond donors (Lipinski definition) is 1. The second-order valence-corrected chi connectivity index (χ2v) is 7.12. The van der Waals surface area contributed by atoms with Crippen molar-refractivity contribution in [2.45, 2.75) is 96.7 Å². The lowest BCUT2D eigenvalue weighted by Crippen LogP contribution is -2.16. The number of nitro groups is 1. The van der Waals surface area contributed by atoms with Crippen LogP contribution in [0.25, 0.3) is 0 Å². The molecule has 0 radical (unpaired) electrons. The van der Waals surface area contributed by atoms with Crippen LogP contribution in [0.1, 0.15) is 95.0 Å². The Morgan fingerprint density at radius 1 is 1.10 bits per heavy atom. The molecule has 0 spiro atoms. The number of aliphatic hydroxyl groups excluding tert-OH is 1.